The number of carbonyl (C=O) groups excluding carboxylic acids is 1. The summed E-state index contributed by atoms with van der Waals surface area (Å²) in [4.78, 5) is 32.3. The lowest BCUT2D eigenvalue weighted by Gasteiger charge is -2.30. The molecule has 2 fully saturated rings. The van der Waals surface area contributed by atoms with E-state index in [9.17, 15) is 14.9 Å². The maximum atomic E-state index is 11.8. The fourth-order valence-corrected chi connectivity index (χ4v) is 3.38. The molecule has 23 heavy (non-hydrogen) atoms. The first kappa shape index (κ1) is 15.9. The molecule has 1 aliphatic carbocycles. The third kappa shape index (κ3) is 3.36. The number of esters is 1. The first-order valence-corrected chi connectivity index (χ1v) is 8.04. The van der Waals surface area contributed by atoms with Crippen molar-refractivity contribution in [2.45, 2.75) is 38.1 Å². The van der Waals surface area contributed by atoms with E-state index in [-0.39, 0.29) is 34.7 Å². The van der Waals surface area contributed by atoms with Gasteiger partial charge in [-0.05, 0) is 30.9 Å². The van der Waals surface area contributed by atoms with E-state index in [2.05, 4.69) is 9.97 Å². The number of anilines is 1. The zero-order valence-electron chi connectivity index (χ0n) is 12.5. The summed E-state index contributed by atoms with van der Waals surface area (Å²) in [5.41, 5.74) is -0.187. The smallest absolute Gasteiger partial charge is 0.329 e. The number of aromatic nitrogens is 2. The Bertz CT molecular complexity index is 621. The van der Waals surface area contributed by atoms with Gasteiger partial charge in [-0.1, -0.05) is 12.8 Å². The molecular formula is C14H17ClN4O4. The van der Waals surface area contributed by atoms with Gasteiger partial charge in [-0.3, -0.25) is 14.9 Å². The Morgan fingerprint density at radius 1 is 1.39 bits per heavy atom. The predicted molar refractivity (Wildman–Crippen MR) is 82.4 cm³/mol. The highest BCUT2D eigenvalue weighted by Crippen LogP contribution is 2.34. The van der Waals surface area contributed by atoms with Crippen LogP contribution >= 0.6 is 11.6 Å². The van der Waals surface area contributed by atoms with Gasteiger partial charge in [-0.2, -0.15) is 4.98 Å². The van der Waals surface area contributed by atoms with Gasteiger partial charge < -0.3 is 9.64 Å². The summed E-state index contributed by atoms with van der Waals surface area (Å²) in [5.74, 6) is -0.346. The number of nitro groups is 1. The van der Waals surface area contributed by atoms with Crippen LogP contribution in [0.2, 0.25) is 5.28 Å². The van der Waals surface area contributed by atoms with Crippen LogP contribution in [0.5, 0.6) is 0 Å². The summed E-state index contributed by atoms with van der Waals surface area (Å²) >= 11 is 5.85. The predicted octanol–water partition coefficient (Wildman–Crippen LogP) is 2.35. The van der Waals surface area contributed by atoms with E-state index in [0.717, 1.165) is 31.9 Å². The van der Waals surface area contributed by atoms with Crippen LogP contribution in [0.15, 0.2) is 6.20 Å². The monoisotopic (exact) mass is 340 g/mol. The molecule has 9 heteroatoms. The summed E-state index contributed by atoms with van der Waals surface area (Å²) in [7, 11) is 0. The van der Waals surface area contributed by atoms with Gasteiger partial charge in [0.2, 0.25) is 11.1 Å². The average molecular weight is 341 g/mol. The Labute approximate surface area is 137 Å². The van der Waals surface area contributed by atoms with Gasteiger partial charge in [0.25, 0.3) is 0 Å². The van der Waals surface area contributed by atoms with Crippen LogP contribution in [0, 0.1) is 16.0 Å². The molecular weight excluding hydrogens is 324 g/mol. The summed E-state index contributed by atoms with van der Waals surface area (Å²) in [5, 5.41) is 11.3. The average Bonchev–Trinajstić information content (AvgIpc) is 3.16. The molecule has 1 aromatic heterocycles. The third-order valence-electron chi connectivity index (χ3n) is 4.42. The van der Waals surface area contributed by atoms with Crippen molar-refractivity contribution in [1.82, 2.24) is 9.97 Å². The van der Waals surface area contributed by atoms with E-state index in [1.165, 1.54) is 0 Å². The maximum Gasteiger partial charge on any atom is 0.329 e. The van der Waals surface area contributed by atoms with Gasteiger partial charge in [0, 0.05) is 12.6 Å². The van der Waals surface area contributed by atoms with Crippen molar-refractivity contribution in [1.29, 1.82) is 0 Å². The minimum atomic E-state index is -0.513. The summed E-state index contributed by atoms with van der Waals surface area (Å²) in [6.45, 7) is 0.756. The summed E-state index contributed by atoms with van der Waals surface area (Å²) in [6.07, 6.45) is 5.70. The lowest BCUT2D eigenvalue weighted by atomic mass is 10.1. The van der Waals surface area contributed by atoms with Crippen molar-refractivity contribution in [3.63, 3.8) is 0 Å². The number of hydrogen-bond acceptors (Lipinski definition) is 7. The maximum absolute atomic E-state index is 11.8. The molecule has 0 amide bonds. The SMILES string of the molecule is O=C1OCCC1CN(c1nc(Cl)ncc1[N+](=O)[O-])C1CCCC1. The molecule has 2 heterocycles. The number of carbonyl (C=O) groups is 1. The van der Waals surface area contributed by atoms with Gasteiger partial charge in [-0.15, -0.1) is 0 Å². The Kier molecular flexibility index (Phi) is 4.61. The van der Waals surface area contributed by atoms with Gasteiger partial charge >= 0.3 is 11.7 Å². The molecule has 0 N–H and O–H groups in total. The van der Waals surface area contributed by atoms with E-state index in [1.54, 1.807) is 0 Å². The molecule has 1 atom stereocenters. The van der Waals surface area contributed by atoms with Crippen molar-refractivity contribution >= 4 is 29.1 Å². The van der Waals surface area contributed by atoms with Crippen molar-refractivity contribution < 1.29 is 14.5 Å². The van der Waals surface area contributed by atoms with Gasteiger partial charge in [-0.25, -0.2) is 4.98 Å². The Morgan fingerprint density at radius 2 is 2.13 bits per heavy atom. The highest BCUT2D eigenvalue weighted by atomic mass is 35.5. The molecule has 0 spiro atoms. The standard InChI is InChI=1S/C14H17ClN4O4/c15-14-16-7-11(19(21)22)12(17-14)18(10-3-1-2-4-10)8-9-5-6-23-13(9)20/h7,9-10H,1-6,8H2. The Morgan fingerprint density at radius 3 is 2.74 bits per heavy atom. The second-order valence-corrected chi connectivity index (χ2v) is 6.19. The van der Waals surface area contributed by atoms with Crippen molar-refractivity contribution in [2.75, 3.05) is 18.1 Å². The lowest BCUT2D eigenvalue weighted by Crippen LogP contribution is -2.39. The fourth-order valence-electron chi connectivity index (χ4n) is 3.25. The van der Waals surface area contributed by atoms with Crippen LogP contribution in [0.1, 0.15) is 32.1 Å². The third-order valence-corrected chi connectivity index (χ3v) is 4.60. The van der Waals surface area contributed by atoms with Crippen LogP contribution in [-0.2, 0) is 9.53 Å². The molecule has 1 aliphatic heterocycles. The molecule has 0 bridgehead atoms. The first-order chi connectivity index (χ1) is 11.1. The molecule has 124 valence electrons. The number of cyclic esters (lactones) is 1. The highest BCUT2D eigenvalue weighted by molar-refractivity contribution is 6.28. The van der Waals surface area contributed by atoms with Crippen LogP contribution in [0.25, 0.3) is 0 Å². The number of ether oxygens (including phenoxy) is 1. The molecule has 1 aromatic rings. The second kappa shape index (κ2) is 6.66. The van der Waals surface area contributed by atoms with E-state index in [4.69, 9.17) is 16.3 Å². The number of halogens is 1. The summed E-state index contributed by atoms with van der Waals surface area (Å²) in [6, 6.07) is 0.119. The van der Waals surface area contributed by atoms with Crippen molar-refractivity contribution in [3.8, 4) is 0 Å². The Balaban J connectivity index is 1.95. The van der Waals surface area contributed by atoms with Gasteiger partial charge in [0.05, 0.1) is 17.4 Å². The zero-order valence-corrected chi connectivity index (χ0v) is 13.2. The van der Waals surface area contributed by atoms with Gasteiger partial charge in [0.1, 0.15) is 6.20 Å². The van der Waals surface area contributed by atoms with E-state index in [0.29, 0.717) is 19.6 Å². The molecule has 3 rings (SSSR count). The minimum absolute atomic E-state index is 0.0393. The van der Waals surface area contributed by atoms with E-state index >= 15 is 0 Å². The van der Waals surface area contributed by atoms with Crippen LogP contribution in [0.3, 0.4) is 0 Å². The fraction of sp³-hybridized carbons (Fsp3) is 0.643. The normalized spacial score (nSPS) is 21.4. The quantitative estimate of drug-likeness (QED) is 0.351. The van der Waals surface area contributed by atoms with Crippen LogP contribution in [-0.4, -0.2) is 40.1 Å². The lowest BCUT2D eigenvalue weighted by molar-refractivity contribution is -0.384. The topological polar surface area (TPSA) is 98.5 Å². The molecule has 0 radical (unpaired) electrons. The first-order valence-electron chi connectivity index (χ1n) is 7.66. The number of nitrogens with zero attached hydrogens (tertiary/aromatic N) is 4. The Hall–Kier alpha value is -1.96. The number of rotatable bonds is 5. The molecule has 1 saturated heterocycles. The number of hydrogen-bond donors (Lipinski definition) is 0. The molecule has 8 nitrogen and oxygen atoms in total. The van der Waals surface area contributed by atoms with Gasteiger partial charge in [0.15, 0.2) is 0 Å². The molecule has 1 unspecified atom stereocenters. The zero-order chi connectivity index (χ0) is 16.4. The van der Waals surface area contributed by atoms with E-state index in [1.807, 2.05) is 4.90 Å². The highest BCUT2D eigenvalue weighted by Gasteiger charge is 2.35. The van der Waals surface area contributed by atoms with E-state index < -0.39 is 4.92 Å². The van der Waals surface area contributed by atoms with Crippen molar-refractivity contribution in [2.24, 2.45) is 5.92 Å². The van der Waals surface area contributed by atoms with Crippen LogP contribution in [0.4, 0.5) is 11.5 Å². The van der Waals surface area contributed by atoms with Crippen molar-refractivity contribution in [3.05, 3.63) is 21.6 Å². The second-order valence-electron chi connectivity index (χ2n) is 5.85. The molecule has 2 aliphatic rings. The van der Waals surface area contributed by atoms with Crippen LogP contribution < -0.4 is 4.90 Å². The largest absolute Gasteiger partial charge is 0.465 e. The summed E-state index contributed by atoms with van der Waals surface area (Å²) < 4.78 is 5.01. The molecule has 0 aromatic carbocycles. The minimum Gasteiger partial charge on any atom is -0.465 e. The molecule has 1 saturated carbocycles.